The largest absolute Gasteiger partial charge is 0.354 e. The fraction of sp³-hybridized carbons (Fsp3) is 0.733. The first kappa shape index (κ1) is 52.0. The Balaban J connectivity index is 3.37. The number of nitrogens with one attached hydrogen (secondary N) is 3. The molecule has 0 saturated carbocycles. The van der Waals surface area contributed by atoms with Crippen LogP contribution in [0.2, 0.25) is 0 Å². The lowest BCUT2D eigenvalue weighted by atomic mass is 9.94. The third-order valence-corrected chi connectivity index (χ3v) is 10.9. The van der Waals surface area contributed by atoms with Crippen LogP contribution in [-0.4, -0.2) is 133 Å². The van der Waals surface area contributed by atoms with Crippen molar-refractivity contribution in [2.75, 3.05) is 41.8 Å². The van der Waals surface area contributed by atoms with E-state index in [-0.39, 0.29) is 53.2 Å². The van der Waals surface area contributed by atoms with Gasteiger partial charge in [0.05, 0.1) is 6.04 Å². The number of hydrogen-bond acceptors (Lipinski definition) is 7. The van der Waals surface area contributed by atoms with Gasteiger partial charge in [0.25, 0.3) is 0 Å². The van der Waals surface area contributed by atoms with Crippen molar-refractivity contribution < 1.29 is 28.8 Å². The van der Waals surface area contributed by atoms with Crippen molar-refractivity contribution in [3.8, 4) is 0 Å². The smallest absolute Gasteiger partial charge is 0.246 e. The van der Waals surface area contributed by atoms with E-state index in [0.717, 1.165) is 5.56 Å². The van der Waals surface area contributed by atoms with Crippen molar-refractivity contribution in [3.63, 3.8) is 0 Å². The zero-order valence-electron chi connectivity index (χ0n) is 38.9. The molecule has 330 valence electrons. The molecule has 0 saturated heterocycles. The average Bonchev–Trinajstić information content (AvgIpc) is 3.13. The van der Waals surface area contributed by atoms with Gasteiger partial charge in [0.2, 0.25) is 35.4 Å². The average molecular weight is 814 g/mol. The maximum atomic E-state index is 14.5. The molecule has 0 aliphatic heterocycles. The Kier molecular flexibility index (Phi) is 21.7. The number of rotatable bonds is 23. The topological polar surface area (TPSA) is 151 Å². The van der Waals surface area contributed by atoms with Gasteiger partial charge >= 0.3 is 0 Å². The predicted molar refractivity (Wildman–Crippen MR) is 232 cm³/mol. The van der Waals surface area contributed by atoms with Gasteiger partial charge in [0, 0.05) is 34.7 Å². The predicted octanol–water partition coefficient (Wildman–Crippen LogP) is 4.44. The van der Waals surface area contributed by atoms with Crippen LogP contribution in [0.1, 0.15) is 101 Å². The molecule has 0 aliphatic rings. The van der Waals surface area contributed by atoms with E-state index >= 15 is 0 Å². The molecule has 58 heavy (non-hydrogen) atoms. The second-order valence-electron chi connectivity index (χ2n) is 18.2. The van der Waals surface area contributed by atoms with E-state index in [9.17, 15) is 28.8 Å². The molecule has 0 aromatic heterocycles. The van der Waals surface area contributed by atoms with E-state index in [0.29, 0.717) is 25.8 Å². The molecule has 6 amide bonds. The van der Waals surface area contributed by atoms with Gasteiger partial charge in [-0.1, -0.05) is 113 Å². The Morgan fingerprint density at radius 1 is 0.534 bits per heavy atom. The van der Waals surface area contributed by atoms with Crippen molar-refractivity contribution in [1.29, 1.82) is 0 Å². The fourth-order valence-corrected chi connectivity index (χ4v) is 7.71. The minimum atomic E-state index is -0.994. The number of carbonyl (C=O) groups excluding carboxylic acids is 6. The molecule has 1 aromatic rings. The minimum absolute atomic E-state index is 0.0824. The van der Waals surface area contributed by atoms with Gasteiger partial charge in [0.1, 0.15) is 30.2 Å². The van der Waals surface area contributed by atoms with E-state index in [1.165, 1.54) is 19.6 Å². The summed E-state index contributed by atoms with van der Waals surface area (Å²) >= 11 is 0. The van der Waals surface area contributed by atoms with Crippen LogP contribution in [0, 0.1) is 35.5 Å². The van der Waals surface area contributed by atoms with Gasteiger partial charge in [-0.2, -0.15) is 0 Å². The maximum absolute atomic E-state index is 14.5. The second kappa shape index (κ2) is 24.2. The van der Waals surface area contributed by atoms with Crippen molar-refractivity contribution >= 4 is 35.4 Å². The Bertz CT molecular complexity index is 1480. The van der Waals surface area contributed by atoms with Crippen molar-refractivity contribution in [2.45, 2.75) is 139 Å². The van der Waals surface area contributed by atoms with Gasteiger partial charge in [-0.15, -0.1) is 0 Å². The number of likely N-dealkylation sites (N-methyl/N-ethyl adjacent to an activating group) is 5. The van der Waals surface area contributed by atoms with E-state index in [1.807, 2.05) is 113 Å². The van der Waals surface area contributed by atoms with Crippen LogP contribution >= 0.6 is 0 Å². The Morgan fingerprint density at radius 2 is 0.983 bits per heavy atom. The van der Waals surface area contributed by atoms with E-state index in [2.05, 4.69) is 16.0 Å². The van der Waals surface area contributed by atoms with Crippen molar-refractivity contribution in [3.05, 3.63) is 35.9 Å². The lowest BCUT2D eigenvalue weighted by Crippen LogP contribution is -2.62. The van der Waals surface area contributed by atoms with Crippen LogP contribution in [0.5, 0.6) is 0 Å². The lowest BCUT2D eigenvalue weighted by Gasteiger charge is -2.41. The number of carbonyl (C=O) groups is 6. The van der Waals surface area contributed by atoms with Gasteiger partial charge in [-0.05, 0) is 67.4 Å². The summed E-state index contributed by atoms with van der Waals surface area (Å²) in [5.41, 5.74) is 1.09. The Labute approximate surface area is 350 Å². The highest BCUT2D eigenvalue weighted by Crippen LogP contribution is 2.23. The van der Waals surface area contributed by atoms with Gasteiger partial charge in [-0.3, -0.25) is 28.8 Å². The summed E-state index contributed by atoms with van der Waals surface area (Å²) in [5, 5.41) is 9.05. The zero-order chi connectivity index (χ0) is 44.8. The summed E-state index contributed by atoms with van der Waals surface area (Å²) in [6.45, 7) is 23.3. The summed E-state index contributed by atoms with van der Waals surface area (Å²) in [6.07, 6.45) is 1.65. The zero-order valence-corrected chi connectivity index (χ0v) is 38.9. The molecule has 1 aromatic carbocycles. The van der Waals surface area contributed by atoms with Crippen LogP contribution in [0.25, 0.3) is 0 Å². The van der Waals surface area contributed by atoms with Crippen LogP contribution in [-0.2, 0) is 35.2 Å². The second-order valence-corrected chi connectivity index (χ2v) is 18.2. The summed E-state index contributed by atoms with van der Waals surface area (Å²) < 4.78 is 0. The van der Waals surface area contributed by atoms with Crippen LogP contribution in [0.4, 0.5) is 0 Å². The maximum Gasteiger partial charge on any atom is 0.246 e. The molecule has 0 radical (unpaired) electrons. The molecule has 0 unspecified atom stereocenters. The first-order valence-corrected chi connectivity index (χ1v) is 21.3. The van der Waals surface area contributed by atoms with Crippen LogP contribution < -0.4 is 16.0 Å². The van der Waals surface area contributed by atoms with Crippen molar-refractivity contribution in [2.24, 2.45) is 35.5 Å². The highest BCUT2D eigenvalue weighted by molar-refractivity contribution is 5.97. The molecule has 3 N–H and O–H groups in total. The molecule has 0 bridgehead atoms. The summed E-state index contributed by atoms with van der Waals surface area (Å²) in [6, 6.07) is 4.88. The normalized spacial score (nSPS) is 14.9. The molecule has 6 atom stereocenters. The summed E-state index contributed by atoms with van der Waals surface area (Å²) in [4.78, 5) is 90.2. The standard InChI is InChI=1S/C45H79N7O6/c1-27(2)25-34(46-13)42(55)49(14)35(26-28(3)4)40(53)48-36(29(5)6)43(56)51(16)38(31(9)10)45(58)52(17)39(32(11)12)44(57)50(15)37(30(7)8)41(54)47-24-23-33-21-19-18-20-22-33/h18-22,27-32,34-39,46H,23-26H2,1-17H3,(H,47,54)(H,48,53)/t34-,35+,36+,37+,38+,39+/m0/s1. The number of amides is 6. The quantitative estimate of drug-likeness (QED) is 0.148. The number of nitrogens with zero attached hydrogens (tertiary/aromatic N) is 4. The number of benzene rings is 1. The summed E-state index contributed by atoms with van der Waals surface area (Å²) in [7, 11) is 8.09. The molecule has 0 fully saturated rings. The monoisotopic (exact) mass is 814 g/mol. The van der Waals surface area contributed by atoms with E-state index < -0.39 is 54.0 Å². The molecular formula is C45H79N7O6. The SMILES string of the molecule is CN[C@@H](CC(C)C)C(=O)N(C)[C@H](CC(C)C)C(=O)N[C@@H](C(=O)N(C)[C@@H](C(=O)N(C)[C@@H](C(=O)N(C)[C@@H](C(=O)NCCc1ccccc1)C(C)C)C(C)C)C(C)C)C(C)C. The van der Waals surface area contributed by atoms with E-state index in [1.54, 1.807) is 35.2 Å². The van der Waals surface area contributed by atoms with Crippen molar-refractivity contribution in [1.82, 2.24) is 35.6 Å². The van der Waals surface area contributed by atoms with Gasteiger partial charge in [-0.25, -0.2) is 0 Å². The fourth-order valence-electron chi connectivity index (χ4n) is 7.71. The highest BCUT2D eigenvalue weighted by Gasteiger charge is 2.43. The molecular weight excluding hydrogens is 735 g/mol. The first-order valence-electron chi connectivity index (χ1n) is 21.3. The molecule has 1 rings (SSSR count). The van der Waals surface area contributed by atoms with Gasteiger partial charge < -0.3 is 35.6 Å². The molecule has 13 heteroatoms. The minimum Gasteiger partial charge on any atom is -0.354 e. The molecule has 0 spiro atoms. The van der Waals surface area contributed by atoms with Crippen LogP contribution in [0.15, 0.2) is 30.3 Å². The third kappa shape index (κ3) is 14.7. The Morgan fingerprint density at radius 3 is 1.40 bits per heavy atom. The molecule has 0 aliphatic carbocycles. The highest BCUT2D eigenvalue weighted by atomic mass is 16.2. The van der Waals surface area contributed by atoms with E-state index in [4.69, 9.17) is 0 Å². The molecule has 0 heterocycles. The first-order chi connectivity index (χ1) is 26.9. The third-order valence-electron chi connectivity index (χ3n) is 10.9. The summed E-state index contributed by atoms with van der Waals surface area (Å²) in [5.74, 6) is -3.07. The Hall–Kier alpha value is -4.00. The van der Waals surface area contributed by atoms with Gasteiger partial charge in [0.15, 0.2) is 0 Å². The lowest BCUT2D eigenvalue weighted by molar-refractivity contribution is -0.155. The molecule has 13 nitrogen and oxygen atoms in total. The van der Waals surface area contributed by atoms with Crippen LogP contribution in [0.3, 0.4) is 0 Å². The number of hydrogen-bond donors (Lipinski definition) is 3.